The molecule has 0 unspecified atom stereocenters. The van der Waals surface area contributed by atoms with E-state index in [4.69, 9.17) is 17.0 Å². The van der Waals surface area contributed by atoms with Crippen LogP contribution in [-0.4, -0.2) is 30.1 Å². The first kappa shape index (κ1) is 19.7. The van der Waals surface area contributed by atoms with Gasteiger partial charge < -0.3 is 15.6 Å². The Morgan fingerprint density at radius 2 is 1.97 bits per heavy atom. The lowest BCUT2D eigenvalue weighted by atomic mass is 9.98. The number of amides is 1. The quantitative estimate of drug-likeness (QED) is 0.659. The molecule has 5 heteroatoms. The highest BCUT2D eigenvalue weighted by Gasteiger charge is 2.34. The average Bonchev–Trinajstić information content (AvgIpc) is 3.36. The van der Waals surface area contributed by atoms with Crippen LogP contribution < -0.4 is 5.32 Å². The van der Waals surface area contributed by atoms with Gasteiger partial charge in [-0.2, -0.15) is 0 Å². The van der Waals surface area contributed by atoms with Crippen LogP contribution in [0.5, 0.6) is 0 Å². The highest BCUT2D eigenvalue weighted by atomic mass is 35.5. The van der Waals surface area contributed by atoms with Crippen molar-refractivity contribution in [3.63, 3.8) is 0 Å². The molecular weight excluding hydrogens is 382 g/mol. The summed E-state index contributed by atoms with van der Waals surface area (Å²) in [6.07, 6.45) is 8.50. The third-order valence-corrected chi connectivity index (χ3v) is 6.36. The molecule has 4 rings (SSSR count). The van der Waals surface area contributed by atoms with Crippen molar-refractivity contribution >= 4 is 29.3 Å². The molecule has 2 aromatic rings. The van der Waals surface area contributed by atoms with Crippen LogP contribution in [0.1, 0.15) is 58.3 Å². The predicted molar refractivity (Wildman–Crippen MR) is 119 cm³/mol. The molecule has 1 fully saturated rings. The summed E-state index contributed by atoms with van der Waals surface area (Å²) in [6, 6.07) is 12.5. The SMILES string of the molecule is CN/C=C(\C=N)c1ccc(Cc2cc3c(cc2Cl)CN(C2CCCC2)C3=O)cc1. The molecule has 0 spiro atoms. The Kier molecular flexibility index (Phi) is 5.72. The van der Waals surface area contributed by atoms with Crippen molar-refractivity contribution in [1.82, 2.24) is 10.2 Å². The standard InChI is InChI=1S/C24H26ClN3O/c1-27-14-20(13-26)17-8-6-16(7-9-17)10-18-11-22-19(12-23(18)25)15-28(24(22)29)21-4-2-3-5-21/h6-9,11-14,21,26-27H,2-5,10,15H2,1H3/b20-14+,26-13?. The molecule has 1 aliphatic heterocycles. The Balaban J connectivity index is 1.54. The van der Waals surface area contributed by atoms with Gasteiger partial charge in [0.25, 0.3) is 5.91 Å². The maximum absolute atomic E-state index is 13.0. The van der Waals surface area contributed by atoms with Crippen molar-refractivity contribution in [3.8, 4) is 0 Å². The zero-order valence-electron chi connectivity index (χ0n) is 16.7. The van der Waals surface area contributed by atoms with Crippen molar-refractivity contribution in [2.24, 2.45) is 0 Å². The zero-order valence-corrected chi connectivity index (χ0v) is 17.4. The van der Waals surface area contributed by atoms with E-state index >= 15 is 0 Å². The Morgan fingerprint density at radius 3 is 2.62 bits per heavy atom. The van der Waals surface area contributed by atoms with E-state index in [0.29, 0.717) is 19.0 Å². The van der Waals surface area contributed by atoms with Crippen LogP contribution in [0.15, 0.2) is 42.6 Å². The fourth-order valence-corrected chi connectivity index (χ4v) is 4.70. The van der Waals surface area contributed by atoms with Gasteiger partial charge in [0.1, 0.15) is 0 Å². The van der Waals surface area contributed by atoms with E-state index in [0.717, 1.165) is 51.3 Å². The molecule has 0 bridgehead atoms. The molecule has 29 heavy (non-hydrogen) atoms. The molecule has 2 aliphatic rings. The number of nitrogens with zero attached hydrogens (tertiary/aromatic N) is 1. The molecule has 0 aromatic heterocycles. The summed E-state index contributed by atoms with van der Waals surface area (Å²) in [6.45, 7) is 0.692. The van der Waals surface area contributed by atoms with Crippen molar-refractivity contribution < 1.29 is 4.79 Å². The molecular formula is C24H26ClN3O. The third-order valence-electron chi connectivity index (χ3n) is 6.01. The Bertz CT molecular complexity index is 959. The van der Waals surface area contributed by atoms with Gasteiger partial charge in [-0.25, -0.2) is 0 Å². The smallest absolute Gasteiger partial charge is 0.254 e. The first-order valence-corrected chi connectivity index (χ1v) is 10.6. The van der Waals surface area contributed by atoms with Crippen molar-refractivity contribution in [2.45, 2.75) is 44.7 Å². The van der Waals surface area contributed by atoms with Crippen LogP contribution >= 0.6 is 11.6 Å². The van der Waals surface area contributed by atoms with E-state index in [2.05, 4.69) is 17.4 Å². The number of fused-ring (bicyclic) bond motifs is 1. The Morgan fingerprint density at radius 1 is 1.24 bits per heavy atom. The molecule has 1 amide bonds. The number of nitrogens with one attached hydrogen (secondary N) is 2. The van der Waals surface area contributed by atoms with Crippen LogP contribution in [0, 0.1) is 5.41 Å². The van der Waals surface area contributed by atoms with Gasteiger partial charge in [0.05, 0.1) is 0 Å². The maximum atomic E-state index is 13.0. The van der Waals surface area contributed by atoms with Crippen LogP contribution in [-0.2, 0) is 13.0 Å². The summed E-state index contributed by atoms with van der Waals surface area (Å²) >= 11 is 6.58. The minimum atomic E-state index is 0.160. The number of carbonyl (C=O) groups excluding carboxylic acids is 1. The second-order valence-electron chi connectivity index (χ2n) is 7.88. The molecule has 4 nitrogen and oxygen atoms in total. The highest BCUT2D eigenvalue weighted by molar-refractivity contribution is 6.31. The third kappa shape index (κ3) is 3.95. The zero-order chi connectivity index (χ0) is 20.4. The topological polar surface area (TPSA) is 56.2 Å². The summed E-state index contributed by atoms with van der Waals surface area (Å²) < 4.78 is 0. The van der Waals surface area contributed by atoms with Crippen molar-refractivity contribution in [3.05, 3.63) is 75.4 Å². The lowest BCUT2D eigenvalue weighted by Crippen LogP contribution is -2.33. The molecule has 1 heterocycles. The number of halogens is 1. The largest absolute Gasteiger partial charge is 0.393 e. The van der Waals surface area contributed by atoms with E-state index in [9.17, 15) is 4.79 Å². The number of hydrogen-bond donors (Lipinski definition) is 2. The number of rotatable bonds is 6. The summed E-state index contributed by atoms with van der Waals surface area (Å²) in [4.78, 5) is 15.0. The van der Waals surface area contributed by atoms with Gasteiger partial charge in [-0.3, -0.25) is 4.79 Å². The first-order chi connectivity index (χ1) is 14.1. The van der Waals surface area contributed by atoms with E-state index in [-0.39, 0.29) is 5.91 Å². The summed E-state index contributed by atoms with van der Waals surface area (Å²) in [5, 5.41) is 11.2. The lowest BCUT2D eigenvalue weighted by molar-refractivity contribution is 0.0707. The molecule has 150 valence electrons. The van der Waals surface area contributed by atoms with Crippen LogP contribution in [0.25, 0.3) is 5.57 Å². The first-order valence-electron chi connectivity index (χ1n) is 10.2. The van der Waals surface area contributed by atoms with Gasteiger partial charge in [0.15, 0.2) is 0 Å². The fraction of sp³-hybridized carbons (Fsp3) is 0.333. The maximum Gasteiger partial charge on any atom is 0.254 e. The number of carbonyl (C=O) groups is 1. The van der Waals surface area contributed by atoms with Gasteiger partial charge in [0, 0.05) is 48.2 Å². The van der Waals surface area contributed by atoms with Crippen molar-refractivity contribution in [2.75, 3.05) is 7.05 Å². The summed E-state index contributed by atoms with van der Waals surface area (Å²) in [7, 11) is 1.82. The molecule has 2 aromatic carbocycles. The minimum absolute atomic E-state index is 0.160. The van der Waals surface area contributed by atoms with Gasteiger partial charge >= 0.3 is 0 Å². The second-order valence-corrected chi connectivity index (χ2v) is 8.29. The van der Waals surface area contributed by atoms with Crippen LogP contribution in [0.4, 0.5) is 0 Å². The second kappa shape index (κ2) is 8.42. The number of benzene rings is 2. The summed E-state index contributed by atoms with van der Waals surface area (Å²) in [5.41, 5.74) is 5.79. The fourth-order valence-electron chi connectivity index (χ4n) is 4.44. The number of allylic oxidation sites excluding steroid dienone is 1. The normalized spacial score (nSPS) is 17.0. The monoisotopic (exact) mass is 407 g/mol. The molecule has 0 saturated heterocycles. The van der Waals surface area contributed by atoms with E-state index in [1.165, 1.54) is 19.1 Å². The lowest BCUT2D eigenvalue weighted by Gasteiger charge is -2.23. The van der Waals surface area contributed by atoms with E-state index in [1.54, 1.807) is 6.20 Å². The van der Waals surface area contributed by atoms with Crippen molar-refractivity contribution in [1.29, 1.82) is 5.41 Å². The van der Waals surface area contributed by atoms with E-state index in [1.807, 2.05) is 36.2 Å². The number of hydrogen-bond acceptors (Lipinski definition) is 3. The molecule has 1 saturated carbocycles. The highest BCUT2D eigenvalue weighted by Crippen LogP contribution is 2.34. The van der Waals surface area contributed by atoms with Gasteiger partial charge in [0.2, 0.25) is 0 Å². The van der Waals surface area contributed by atoms with Crippen LogP contribution in [0.3, 0.4) is 0 Å². The predicted octanol–water partition coefficient (Wildman–Crippen LogP) is 5.04. The summed E-state index contributed by atoms with van der Waals surface area (Å²) in [5.74, 6) is 0.160. The van der Waals surface area contributed by atoms with Crippen LogP contribution in [0.2, 0.25) is 5.02 Å². The average molecular weight is 408 g/mol. The Labute approximate surface area is 177 Å². The molecule has 0 atom stereocenters. The van der Waals surface area contributed by atoms with Gasteiger partial charge in [-0.05, 0) is 53.6 Å². The van der Waals surface area contributed by atoms with Gasteiger partial charge in [-0.1, -0.05) is 48.7 Å². The van der Waals surface area contributed by atoms with E-state index < -0.39 is 0 Å². The molecule has 0 radical (unpaired) electrons. The minimum Gasteiger partial charge on any atom is -0.393 e. The Hall–Kier alpha value is -2.59. The molecule has 2 N–H and O–H groups in total. The van der Waals surface area contributed by atoms with Gasteiger partial charge in [-0.15, -0.1) is 0 Å². The molecule has 1 aliphatic carbocycles.